The van der Waals surface area contributed by atoms with Crippen LogP contribution in [0.5, 0.6) is 5.88 Å². The second-order valence-corrected chi connectivity index (χ2v) is 2.26. The Morgan fingerprint density at radius 2 is 2.54 bits per heavy atom. The van der Waals surface area contributed by atoms with Crippen LogP contribution in [0.3, 0.4) is 0 Å². The molecule has 0 unspecified atom stereocenters. The zero-order valence-electron chi connectivity index (χ0n) is 6.77. The summed E-state index contributed by atoms with van der Waals surface area (Å²) in [6.07, 6.45) is 1.57. The van der Waals surface area contributed by atoms with Gasteiger partial charge in [-0.15, -0.1) is 5.10 Å². The summed E-state index contributed by atoms with van der Waals surface area (Å²) >= 11 is 0. The largest absolute Gasteiger partial charge is 0.472 e. The van der Waals surface area contributed by atoms with E-state index in [1.807, 2.05) is 0 Å². The quantitative estimate of drug-likeness (QED) is 0.386. The number of ether oxygens (including phenoxy) is 1. The molecule has 0 saturated carbocycles. The molecule has 0 fully saturated rings. The lowest BCUT2D eigenvalue weighted by molar-refractivity contribution is -0.385. The summed E-state index contributed by atoms with van der Waals surface area (Å²) in [6.45, 7) is 0.195. The highest BCUT2D eigenvalue weighted by atomic mass is 16.6. The van der Waals surface area contributed by atoms with Gasteiger partial charge in [-0.1, -0.05) is 0 Å². The summed E-state index contributed by atoms with van der Waals surface area (Å²) in [4.78, 5) is 9.75. The van der Waals surface area contributed by atoms with Crippen LogP contribution >= 0.6 is 0 Å². The van der Waals surface area contributed by atoms with Crippen molar-refractivity contribution in [3.63, 3.8) is 0 Å². The van der Waals surface area contributed by atoms with Crippen LogP contribution < -0.4 is 4.74 Å². The second-order valence-electron chi connectivity index (χ2n) is 2.26. The topological polar surface area (TPSA) is 101 Å². The molecule has 0 spiro atoms. The molecular formula is C6H9N3O4. The standard InChI is InChI=1S/C6H9N3O4/c10-2-1-3-13-6-5(9(11)12)4-7-8-6/h4,10H,1-3H2,(H,7,8). The molecule has 0 bridgehead atoms. The third-order valence-corrected chi connectivity index (χ3v) is 1.32. The average Bonchev–Trinajstić information content (AvgIpc) is 2.53. The van der Waals surface area contributed by atoms with Crippen LogP contribution in [0.15, 0.2) is 6.20 Å². The van der Waals surface area contributed by atoms with Crippen molar-refractivity contribution >= 4 is 5.69 Å². The fraction of sp³-hybridized carbons (Fsp3) is 0.500. The van der Waals surface area contributed by atoms with Gasteiger partial charge in [0.05, 0.1) is 11.5 Å². The predicted molar refractivity (Wildman–Crippen MR) is 42.4 cm³/mol. The second kappa shape index (κ2) is 4.41. The van der Waals surface area contributed by atoms with Crippen LogP contribution in [0, 0.1) is 10.1 Å². The smallest absolute Gasteiger partial charge is 0.349 e. The lowest BCUT2D eigenvalue weighted by Gasteiger charge is -1.98. The molecule has 0 aliphatic heterocycles. The first-order valence-electron chi connectivity index (χ1n) is 3.67. The molecule has 13 heavy (non-hydrogen) atoms. The summed E-state index contributed by atoms with van der Waals surface area (Å²) in [5.74, 6) is -0.0431. The van der Waals surface area contributed by atoms with Crippen LogP contribution in [-0.4, -0.2) is 33.4 Å². The van der Waals surface area contributed by atoms with Gasteiger partial charge in [0.2, 0.25) is 0 Å². The minimum atomic E-state index is -0.586. The predicted octanol–water partition coefficient (Wildman–Crippen LogP) is 0.0791. The van der Waals surface area contributed by atoms with Gasteiger partial charge in [0.15, 0.2) is 0 Å². The molecule has 0 aliphatic carbocycles. The maximum atomic E-state index is 10.3. The van der Waals surface area contributed by atoms with Crippen LogP contribution in [0.4, 0.5) is 5.69 Å². The van der Waals surface area contributed by atoms with Crippen molar-refractivity contribution in [2.45, 2.75) is 6.42 Å². The molecular weight excluding hydrogens is 178 g/mol. The molecule has 1 rings (SSSR count). The van der Waals surface area contributed by atoms with E-state index in [2.05, 4.69) is 10.2 Å². The van der Waals surface area contributed by atoms with Crippen LogP contribution in [0.1, 0.15) is 6.42 Å². The maximum absolute atomic E-state index is 10.3. The number of hydrogen-bond donors (Lipinski definition) is 2. The van der Waals surface area contributed by atoms with Gasteiger partial charge in [0.1, 0.15) is 6.20 Å². The van der Waals surface area contributed by atoms with Gasteiger partial charge in [-0.05, 0) is 0 Å². The van der Waals surface area contributed by atoms with E-state index in [4.69, 9.17) is 9.84 Å². The zero-order valence-corrected chi connectivity index (χ0v) is 6.77. The lowest BCUT2D eigenvalue weighted by atomic mass is 10.5. The number of rotatable bonds is 5. The first kappa shape index (κ1) is 9.46. The van der Waals surface area contributed by atoms with Crippen LogP contribution in [0.2, 0.25) is 0 Å². The summed E-state index contributed by atoms with van der Waals surface area (Å²) in [7, 11) is 0. The summed E-state index contributed by atoms with van der Waals surface area (Å²) < 4.78 is 4.93. The fourth-order valence-corrected chi connectivity index (χ4v) is 0.741. The summed E-state index contributed by atoms with van der Waals surface area (Å²) in [5, 5.41) is 24.6. The molecule has 0 radical (unpaired) electrons. The molecule has 72 valence electrons. The molecule has 0 aromatic carbocycles. The van der Waals surface area contributed by atoms with Crippen molar-refractivity contribution in [3.8, 4) is 5.88 Å². The Bertz CT molecular complexity index is 285. The van der Waals surface area contributed by atoms with Crippen molar-refractivity contribution in [3.05, 3.63) is 16.3 Å². The normalized spacial score (nSPS) is 9.92. The average molecular weight is 187 g/mol. The van der Waals surface area contributed by atoms with E-state index < -0.39 is 4.92 Å². The molecule has 7 heteroatoms. The Labute approximate surface area is 73.5 Å². The number of hydrogen-bond acceptors (Lipinski definition) is 5. The highest BCUT2D eigenvalue weighted by Crippen LogP contribution is 2.22. The lowest BCUT2D eigenvalue weighted by Crippen LogP contribution is -2.01. The number of aromatic nitrogens is 2. The van der Waals surface area contributed by atoms with Gasteiger partial charge in [-0.25, -0.2) is 0 Å². The number of nitro groups is 1. The van der Waals surface area contributed by atoms with E-state index in [-0.39, 0.29) is 24.8 Å². The molecule has 1 heterocycles. The van der Waals surface area contributed by atoms with Crippen molar-refractivity contribution in [1.82, 2.24) is 10.2 Å². The fourth-order valence-electron chi connectivity index (χ4n) is 0.741. The molecule has 2 N–H and O–H groups in total. The third-order valence-electron chi connectivity index (χ3n) is 1.32. The highest BCUT2D eigenvalue weighted by Gasteiger charge is 2.17. The minimum absolute atomic E-state index is 0.0157. The number of aliphatic hydroxyl groups is 1. The minimum Gasteiger partial charge on any atom is -0.472 e. The van der Waals surface area contributed by atoms with Gasteiger partial charge in [0, 0.05) is 13.0 Å². The van der Waals surface area contributed by atoms with Gasteiger partial charge in [-0.2, -0.15) is 0 Å². The molecule has 0 aliphatic rings. The first-order chi connectivity index (χ1) is 6.25. The maximum Gasteiger partial charge on any atom is 0.349 e. The third kappa shape index (κ3) is 2.41. The van der Waals surface area contributed by atoms with Gasteiger partial charge in [-0.3, -0.25) is 15.2 Å². The molecule has 0 atom stereocenters. The summed E-state index contributed by atoms with van der Waals surface area (Å²) in [5.41, 5.74) is -0.196. The van der Waals surface area contributed by atoms with Crippen LogP contribution in [-0.2, 0) is 0 Å². The van der Waals surface area contributed by atoms with Gasteiger partial charge >= 0.3 is 11.6 Å². The molecule has 1 aromatic heterocycles. The molecule has 0 saturated heterocycles. The van der Waals surface area contributed by atoms with Gasteiger partial charge < -0.3 is 9.84 Å². The van der Waals surface area contributed by atoms with Crippen molar-refractivity contribution in [1.29, 1.82) is 0 Å². The Kier molecular flexibility index (Phi) is 3.21. The number of nitrogens with zero attached hydrogens (tertiary/aromatic N) is 2. The summed E-state index contributed by atoms with van der Waals surface area (Å²) in [6, 6.07) is 0. The molecule has 0 amide bonds. The van der Waals surface area contributed by atoms with E-state index in [0.29, 0.717) is 6.42 Å². The zero-order chi connectivity index (χ0) is 9.68. The van der Waals surface area contributed by atoms with E-state index >= 15 is 0 Å². The SMILES string of the molecule is O=[N+]([O-])c1c[nH]nc1OCCCO. The van der Waals surface area contributed by atoms with Crippen molar-refractivity contribution < 1.29 is 14.8 Å². The van der Waals surface area contributed by atoms with E-state index in [1.54, 1.807) is 0 Å². The van der Waals surface area contributed by atoms with Gasteiger partial charge in [0.25, 0.3) is 0 Å². The number of aliphatic hydroxyl groups excluding tert-OH is 1. The Hall–Kier alpha value is -1.63. The first-order valence-corrected chi connectivity index (χ1v) is 3.67. The highest BCUT2D eigenvalue weighted by molar-refractivity contribution is 5.37. The number of aromatic amines is 1. The van der Waals surface area contributed by atoms with Crippen molar-refractivity contribution in [2.24, 2.45) is 0 Å². The van der Waals surface area contributed by atoms with Crippen LogP contribution in [0.25, 0.3) is 0 Å². The number of nitrogens with one attached hydrogen (secondary N) is 1. The van der Waals surface area contributed by atoms with Crippen molar-refractivity contribution in [2.75, 3.05) is 13.2 Å². The molecule has 1 aromatic rings. The monoisotopic (exact) mass is 187 g/mol. The number of H-pyrrole nitrogens is 1. The Morgan fingerprint density at radius 3 is 3.15 bits per heavy atom. The van der Waals surface area contributed by atoms with E-state index in [9.17, 15) is 10.1 Å². The van der Waals surface area contributed by atoms with E-state index in [0.717, 1.165) is 6.20 Å². The Balaban J connectivity index is 2.55. The van der Waals surface area contributed by atoms with E-state index in [1.165, 1.54) is 0 Å². The Morgan fingerprint density at radius 1 is 1.77 bits per heavy atom. The molecule has 7 nitrogen and oxygen atoms in total.